The summed E-state index contributed by atoms with van der Waals surface area (Å²) in [6, 6.07) is 0.375. The first-order valence-electron chi connectivity index (χ1n) is 4.01. The van der Waals surface area contributed by atoms with Crippen LogP contribution in [0.4, 0.5) is 0 Å². The van der Waals surface area contributed by atoms with Crippen LogP contribution in [-0.2, 0) is 4.74 Å². The average Bonchev–Trinajstić information content (AvgIpc) is 2.31. The molecule has 10 heavy (non-hydrogen) atoms. The Bertz CT molecular complexity index is 155. The van der Waals surface area contributed by atoms with Gasteiger partial charge in [0.05, 0.1) is 6.10 Å². The molecule has 0 radical (unpaired) electrons. The van der Waals surface area contributed by atoms with Crippen LogP contribution in [0, 0.1) is 11.3 Å². The van der Waals surface area contributed by atoms with Gasteiger partial charge >= 0.3 is 0 Å². The van der Waals surface area contributed by atoms with Crippen molar-refractivity contribution in [2.75, 3.05) is 6.61 Å². The summed E-state index contributed by atoms with van der Waals surface area (Å²) >= 11 is 0. The molecule has 2 heteroatoms. The Morgan fingerprint density at radius 1 is 1.50 bits per heavy atom. The first kappa shape index (κ1) is 6.62. The highest BCUT2D eigenvalue weighted by molar-refractivity contribution is 5.09. The quantitative estimate of drug-likeness (QED) is 0.540. The van der Waals surface area contributed by atoms with Crippen LogP contribution in [0.3, 0.4) is 0 Å². The summed E-state index contributed by atoms with van der Waals surface area (Å²) in [6.07, 6.45) is 1.64. The summed E-state index contributed by atoms with van der Waals surface area (Å²) in [4.78, 5) is 0. The molecule has 0 unspecified atom stereocenters. The Morgan fingerprint density at radius 3 is 2.80 bits per heavy atom. The van der Waals surface area contributed by atoms with E-state index in [2.05, 4.69) is 13.8 Å². The molecule has 2 fully saturated rings. The fraction of sp³-hybridized carbons (Fsp3) is 1.00. The molecule has 0 aromatic heterocycles. The molecule has 2 N–H and O–H groups in total. The van der Waals surface area contributed by atoms with Crippen LogP contribution in [-0.4, -0.2) is 18.8 Å². The van der Waals surface area contributed by atoms with Gasteiger partial charge in [-0.1, -0.05) is 13.8 Å². The van der Waals surface area contributed by atoms with Gasteiger partial charge in [-0.15, -0.1) is 0 Å². The van der Waals surface area contributed by atoms with Gasteiger partial charge in [-0.25, -0.2) is 0 Å². The van der Waals surface area contributed by atoms with Crippen molar-refractivity contribution in [2.24, 2.45) is 17.1 Å². The average molecular weight is 141 g/mol. The standard InChI is InChI=1S/C8H15NO/c1-8(2)6(9)5-3-4-10-7(5)8/h5-7H,3-4,9H2,1-2H3/t5-,6+,7+/m0/s1. The lowest BCUT2D eigenvalue weighted by Crippen LogP contribution is -2.64. The van der Waals surface area contributed by atoms with E-state index in [1.54, 1.807) is 0 Å². The Hall–Kier alpha value is -0.0800. The summed E-state index contributed by atoms with van der Waals surface area (Å²) in [5, 5.41) is 0. The van der Waals surface area contributed by atoms with E-state index in [-0.39, 0.29) is 5.41 Å². The lowest BCUT2D eigenvalue weighted by molar-refractivity contribution is -0.0994. The number of nitrogens with two attached hydrogens (primary N) is 1. The predicted molar refractivity (Wildman–Crippen MR) is 39.6 cm³/mol. The third kappa shape index (κ3) is 0.565. The van der Waals surface area contributed by atoms with E-state index in [0.717, 1.165) is 6.61 Å². The van der Waals surface area contributed by atoms with E-state index in [0.29, 0.717) is 18.1 Å². The normalized spacial score (nSPS) is 50.1. The van der Waals surface area contributed by atoms with Gasteiger partial charge in [0, 0.05) is 24.0 Å². The molecule has 0 aromatic rings. The van der Waals surface area contributed by atoms with Crippen molar-refractivity contribution in [3.05, 3.63) is 0 Å². The van der Waals surface area contributed by atoms with Gasteiger partial charge < -0.3 is 10.5 Å². The monoisotopic (exact) mass is 141 g/mol. The molecule has 0 bridgehead atoms. The van der Waals surface area contributed by atoms with Gasteiger partial charge in [0.15, 0.2) is 0 Å². The second-order valence-electron chi connectivity index (χ2n) is 4.09. The number of hydrogen-bond donors (Lipinski definition) is 1. The molecule has 1 saturated heterocycles. The van der Waals surface area contributed by atoms with Crippen LogP contribution in [0.5, 0.6) is 0 Å². The summed E-state index contributed by atoms with van der Waals surface area (Å²) < 4.78 is 5.56. The number of hydrogen-bond acceptors (Lipinski definition) is 2. The first-order valence-corrected chi connectivity index (χ1v) is 4.01. The molecule has 0 amide bonds. The number of rotatable bonds is 0. The van der Waals surface area contributed by atoms with E-state index in [1.165, 1.54) is 6.42 Å². The molecular formula is C8H15NO. The zero-order valence-electron chi connectivity index (χ0n) is 6.63. The third-order valence-corrected chi connectivity index (χ3v) is 3.19. The van der Waals surface area contributed by atoms with Crippen LogP contribution >= 0.6 is 0 Å². The second kappa shape index (κ2) is 1.74. The van der Waals surface area contributed by atoms with E-state index >= 15 is 0 Å². The van der Waals surface area contributed by atoms with Crippen molar-refractivity contribution in [1.29, 1.82) is 0 Å². The summed E-state index contributed by atoms with van der Waals surface area (Å²) in [6.45, 7) is 5.32. The van der Waals surface area contributed by atoms with Crippen molar-refractivity contribution in [3.8, 4) is 0 Å². The van der Waals surface area contributed by atoms with Crippen molar-refractivity contribution >= 4 is 0 Å². The van der Waals surface area contributed by atoms with Crippen molar-refractivity contribution in [2.45, 2.75) is 32.4 Å². The van der Waals surface area contributed by atoms with Crippen LogP contribution in [0.1, 0.15) is 20.3 Å². The smallest absolute Gasteiger partial charge is 0.0684 e. The van der Waals surface area contributed by atoms with Crippen LogP contribution < -0.4 is 5.73 Å². The summed E-state index contributed by atoms with van der Waals surface area (Å²) in [7, 11) is 0. The van der Waals surface area contributed by atoms with Gasteiger partial charge in [-0.3, -0.25) is 0 Å². The largest absolute Gasteiger partial charge is 0.377 e. The minimum Gasteiger partial charge on any atom is -0.377 e. The molecule has 0 aromatic carbocycles. The van der Waals surface area contributed by atoms with Crippen molar-refractivity contribution in [3.63, 3.8) is 0 Å². The minimum absolute atomic E-state index is 0.237. The molecular weight excluding hydrogens is 126 g/mol. The van der Waals surface area contributed by atoms with Crippen LogP contribution in [0.15, 0.2) is 0 Å². The molecule has 3 atom stereocenters. The molecule has 1 aliphatic carbocycles. The minimum atomic E-state index is 0.237. The van der Waals surface area contributed by atoms with Crippen LogP contribution in [0.2, 0.25) is 0 Å². The Labute approximate surface area is 61.7 Å². The summed E-state index contributed by atoms with van der Waals surface area (Å²) in [5.41, 5.74) is 6.20. The SMILES string of the molecule is CC1(C)[C@H](N)[C@@H]2CCO[C@H]21. The van der Waals surface area contributed by atoms with Gasteiger partial charge in [-0.05, 0) is 6.42 Å². The first-order chi connectivity index (χ1) is 4.64. The Balaban J connectivity index is 2.15. The van der Waals surface area contributed by atoms with Gasteiger partial charge in [-0.2, -0.15) is 0 Å². The number of fused-ring (bicyclic) bond motifs is 1. The van der Waals surface area contributed by atoms with E-state index < -0.39 is 0 Å². The van der Waals surface area contributed by atoms with E-state index in [4.69, 9.17) is 10.5 Å². The van der Waals surface area contributed by atoms with Gasteiger partial charge in [0.25, 0.3) is 0 Å². The Morgan fingerprint density at radius 2 is 2.20 bits per heavy atom. The lowest BCUT2D eigenvalue weighted by atomic mass is 9.58. The highest BCUT2D eigenvalue weighted by Gasteiger charge is 2.57. The van der Waals surface area contributed by atoms with Gasteiger partial charge in [0.1, 0.15) is 0 Å². The second-order valence-corrected chi connectivity index (χ2v) is 4.09. The molecule has 58 valence electrons. The molecule has 2 aliphatic rings. The molecule has 1 heterocycles. The lowest BCUT2D eigenvalue weighted by Gasteiger charge is -2.52. The zero-order chi connectivity index (χ0) is 7.35. The van der Waals surface area contributed by atoms with E-state index in [1.807, 2.05) is 0 Å². The maximum absolute atomic E-state index is 5.96. The topological polar surface area (TPSA) is 35.2 Å². The zero-order valence-corrected chi connectivity index (χ0v) is 6.63. The van der Waals surface area contributed by atoms with Crippen molar-refractivity contribution in [1.82, 2.24) is 0 Å². The fourth-order valence-corrected chi connectivity index (χ4v) is 2.36. The molecule has 1 saturated carbocycles. The third-order valence-electron chi connectivity index (χ3n) is 3.19. The maximum Gasteiger partial charge on any atom is 0.0684 e. The maximum atomic E-state index is 5.96. The molecule has 0 spiro atoms. The molecule has 2 nitrogen and oxygen atoms in total. The highest BCUT2D eigenvalue weighted by Crippen LogP contribution is 2.50. The fourth-order valence-electron chi connectivity index (χ4n) is 2.36. The molecule has 2 rings (SSSR count). The molecule has 1 aliphatic heterocycles. The highest BCUT2D eigenvalue weighted by atomic mass is 16.5. The van der Waals surface area contributed by atoms with Crippen molar-refractivity contribution < 1.29 is 4.74 Å². The Kier molecular flexibility index (Phi) is 1.15. The predicted octanol–water partition coefficient (Wildman–Crippen LogP) is 0.759. The number of ether oxygens (including phenoxy) is 1. The van der Waals surface area contributed by atoms with E-state index in [9.17, 15) is 0 Å². The van der Waals surface area contributed by atoms with Gasteiger partial charge in [0.2, 0.25) is 0 Å². The summed E-state index contributed by atoms with van der Waals surface area (Å²) in [5.74, 6) is 0.662. The van der Waals surface area contributed by atoms with Crippen LogP contribution in [0.25, 0.3) is 0 Å².